The van der Waals surface area contributed by atoms with E-state index >= 15 is 0 Å². The number of allylic oxidation sites excluding steroid dienone is 1. The Morgan fingerprint density at radius 1 is 1.00 bits per heavy atom. The minimum absolute atomic E-state index is 0.252. The first kappa shape index (κ1) is 20.1. The van der Waals surface area contributed by atoms with Gasteiger partial charge in [-0.2, -0.15) is 0 Å². The molecule has 0 aliphatic heterocycles. The average Bonchev–Trinajstić information content (AvgIpc) is 2.90. The van der Waals surface area contributed by atoms with E-state index in [0.29, 0.717) is 11.5 Å². The maximum absolute atomic E-state index is 13.7. The molecule has 7 heteroatoms. The molecule has 4 rings (SSSR count). The van der Waals surface area contributed by atoms with Crippen LogP contribution in [-0.4, -0.2) is 19.7 Å². The molecule has 0 saturated heterocycles. The van der Waals surface area contributed by atoms with Crippen LogP contribution in [0.1, 0.15) is 29.5 Å². The third-order valence-corrected chi connectivity index (χ3v) is 5.52. The minimum atomic E-state index is -3.36. The van der Waals surface area contributed by atoms with Gasteiger partial charge < -0.3 is 5.32 Å². The molecule has 0 bridgehead atoms. The molecule has 5 nitrogen and oxygen atoms in total. The lowest BCUT2D eigenvalue weighted by Crippen LogP contribution is -2.09. The van der Waals surface area contributed by atoms with Gasteiger partial charge in [-0.05, 0) is 78.4 Å². The van der Waals surface area contributed by atoms with Gasteiger partial charge in [0.1, 0.15) is 11.6 Å². The number of aromatic nitrogens is 1. The number of anilines is 3. The average molecular weight is 424 g/mol. The quantitative estimate of drug-likeness (QED) is 0.591. The summed E-state index contributed by atoms with van der Waals surface area (Å²) in [7, 11) is -3.36. The zero-order chi connectivity index (χ0) is 21.1. The fraction of sp³-hybridized carbons (Fsp3) is 0.174. The number of hydrogen-bond donors (Lipinski definition) is 2. The summed E-state index contributed by atoms with van der Waals surface area (Å²) in [4.78, 5) is 4.51. The number of rotatable bonds is 5. The monoisotopic (exact) mass is 423 g/mol. The van der Waals surface area contributed by atoms with Gasteiger partial charge >= 0.3 is 0 Å². The molecule has 3 aromatic rings. The number of aryl methyl sites for hydroxylation is 1. The molecular formula is C23H22FN3O2S. The van der Waals surface area contributed by atoms with E-state index in [1.54, 1.807) is 36.5 Å². The van der Waals surface area contributed by atoms with Crippen molar-refractivity contribution in [3.63, 3.8) is 0 Å². The third kappa shape index (κ3) is 4.86. The van der Waals surface area contributed by atoms with E-state index in [1.807, 2.05) is 18.2 Å². The van der Waals surface area contributed by atoms with Crippen LogP contribution in [0.2, 0.25) is 0 Å². The Morgan fingerprint density at radius 2 is 1.80 bits per heavy atom. The Kier molecular flexibility index (Phi) is 5.55. The van der Waals surface area contributed by atoms with Crippen LogP contribution in [0.25, 0.3) is 11.6 Å². The number of hydrogen-bond acceptors (Lipinski definition) is 4. The van der Waals surface area contributed by atoms with Crippen LogP contribution < -0.4 is 10.0 Å². The predicted molar refractivity (Wildman–Crippen MR) is 120 cm³/mol. The fourth-order valence-corrected chi connectivity index (χ4v) is 4.19. The summed E-state index contributed by atoms with van der Waals surface area (Å²) in [6.45, 7) is 0. The molecular weight excluding hydrogens is 401 g/mol. The van der Waals surface area contributed by atoms with Crippen LogP contribution in [0, 0.1) is 5.82 Å². The van der Waals surface area contributed by atoms with E-state index in [1.165, 1.54) is 11.6 Å². The molecule has 2 aromatic carbocycles. The number of pyridine rings is 1. The van der Waals surface area contributed by atoms with E-state index in [9.17, 15) is 12.8 Å². The Morgan fingerprint density at radius 3 is 2.60 bits per heavy atom. The topological polar surface area (TPSA) is 71.1 Å². The van der Waals surface area contributed by atoms with Crippen LogP contribution in [-0.2, 0) is 16.4 Å². The molecule has 1 heterocycles. The molecule has 0 amide bonds. The first-order valence-electron chi connectivity index (χ1n) is 9.67. The summed E-state index contributed by atoms with van der Waals surface area (Å²) in [6, 6.07) is 15.7. The molecule has 0 unspecified atom stereocenters. The molecule has 0 radical (unpaired) electrons. The number of sulfonamides is 1. The number of halogens is 1. The van der Waals surface area contributed by atoms with Gasteiger partial charge in [0.25, 0.3) is 0 Å². The normalized spacial score (nSPS) is 13.7. The standard InChI is InChI=1S/C23H22FN3O2S/c1-30(28,29)27-21-10-4-9-20(15-21)26-23-22-14-18(17-7-3-8-19(24)13-17)6-2-5-16(22)11-12-25-23/h3-4,7-15,27H,2,5-6H2,1H3,(H,25,26). The highest BCUT2D eigenvalue weighted by molar-refractivity contribution is 7.92. The van der Waals surface area contributed by atoms with E-state index in [0.717, 1.165) is 47.9 Å². The van der Waals surface area contributed by atoms with Crippen molar-refractivity contribution in [1.82, 2.24) is 4.98 Å². The van der Waals surface area contributed by atoms with Crippen molar-refractivity contribution >= 4 is 38.9 Å². The molecule has 0 saturated carbocycles. The van der Waals surface area contributed by atoms with Gasteiger partial charge in [0, 0.05) is 17.4 Å². The summed E-state index contributed by atoms with van der Waals surface area (Å²) in [6.07, 6.45) is 7.67. The van der Waals surface area contributed by atoms with Gasteiger partial charge in [-0.25, -0.2) is 17.8 Å². The van der Waals surface area contributed by atoms with Crippen LogP contribution in [0.4, 0.5) is 21.6 Å². The lowest BCUT2D eigenvalue weighted by Gasteiger charge is -2.13. The molecule has 0 spiro atoms. The Balaban J connectivity index is 1.70. The summed E-state index contributed by atoms with van der Waals surface area (Å²) in [5, 5.41) is 3.30. The van der Waals surface area contributed by atoms with Crippen molar-refractivity contribution < 1.29 is 12.8 Å². The molecule has 1 aliphatic rings. The Bertz CT molecular complexity index is 1220. The van der Waals surface area contributed by atoms with E-state index in [4.69, 9.17) is 0 Å². The van der Waals surface area contributed by atoms with E-state index in [-0.39, 0.29) is 5.82 Å². The second-order valence-electron chi connectivity index (χ2n) is 7.35. The lowest BCUT2D eigenvalue weighted by atomic mass is 10.0. The zero-order valence-electron chi connectivity index (χ0n) is 16.5. The van der Waals surface area contributed by atoms with Crippen molar-refractivity contribution in [3.8, 4) is 0 Å². The van der Waals surface area contributed by atoms with Crippen molar-refractivity contribution in [2.24, 2.45) is 0 Å². The SMILES string of the molecule is CS(=O)(=O)Nc1cccc(Nc2nccc3c2C=C(c2cccc(F)c2)CCC3)c1. The largest absolute Gasteiger partial charge is 0.340 e. The summed E-state index contributed by atoms with van der Waals surface area (Å²) < 4.78 is 39.3. The van der Waals surface area contributed by atoms with E-state index in [2.05, 4.69) is 21.1 Å². The Labute approximate surface area is 175 Å². The number of fused-ring (bicyclic) bond motifs is 1. The second-order valence-corrected chi connectivity index (χ2v) is 9.09. The van der Waals surface area contributed by atoms with Gasteiger partial charge in [0.2, 0.25) is 10.0 Å². The highest BCUT2D eigenvalue weighted by atomic mass is 32.2. The third-order valence-electron chi connectivity index (χ3n) is 4.92. The molecule has 2 N–H and O–H groups in total. The van der Waals surface area contributed by atoms with Gasteiger partial charge in [-0.3, -0.25) is 4.72 Å². The smallest absolute Gasteiger partial charge is 0.229 e. The van der Waals surface area contributed by atoms with Crippen molar-refractivity contribution in [1.29, 1.82) is 0 Å². The maximum Gasteiger partial charge on any atom is 0.229 e. The predicted octanol–water partition coefficient (Wildman–Crippen LogP) is 5.21. The van der Waals surface area contributed by atoms with Crippen LogP contribution in [0.3, 0.4) is 0 Å². The highest BCUT2D eigenvalue weighted by Crippen LogP contribution is 2.33. The van der Waals surface area contributed by atoms with Crippen molar-refractivity contribution in [3.05, 3.63) is 83.3 Å². The molecule has 154 valence electrons. The van der Waals surface area contributed by atoms with Crippen molar-refractivity contribution in [2.75, 3.05) is 16.3 Å². The summed E-state index contributed by atoms with van der Waals surface area (Å²) in [5.74, 6) is 0.428. The summed E-state index contributed by atoms with van der Waals surface area (Å²) in [5.41, 5.74) is 5.27. The zero-order valence-corrected chi connectivity index (χ0v) is 17.3. The molecule has 30 heavy (non-hydrogen) atoms. The van der Waals surface area contributed by atoms with Gasteiger partial charge in [0.05, 0.1) is 11.9 Å². The van der Waals surface area contributed by atoms with Crippen LogP contribution in [0.5, 0.6) is 0 Å². The van der Waals surface area contributed by atoms with E-state index < -0.39 is 10.0 Å². The first-order valence-corrected chi connectivity index (χ1v) is 11.6. The maximum atomic E-state index is 13.7. The summed E-state index contributed by atoms with van der Waals surface area (Å²) >= 11 is 0. The number of benzene rings is 2. The van der Waals surface area contributed by atoms with Gasteiger partial charge in [0.15, 0.2) is 0 Å². The van der Waals surface area contributed by atoms with Crippen LogP contribution >= 0.6 is 0 Å². The highest BCUT2D eigenvalue weighted by Gasteiger charge is 2.15. The van der Waals surface area contributed by atoms with Gasteiger partial charge in [-0.15, -0.1) is 0 Å². The molecule has 1 aliphatic carbocycles. The lowest BCUT2D eigenvalue weighted by molar-refractivity contribution is 0.607. The van der Waals surface area contributed by atoms with Crippen LogP contribution in [0.15, 0.2) is 60.8 Å². The molecule has 0 atom stereocenters. The fourth-order valence-electron chi connectivity index (χ4n) is 3.63. The molecule has 1 aromatic heterocycles. The number of nitrogens with zero attached hydrogens (tertiary/aromatic N) is 1. The van der Waals surface area contributed by atoms with Crippen molar-refractivity contribution in [2.45, 2.75) is 19.3 Å². The first-order chi connectivity index (χ1) is 14.4. The van der Waals surface area contributed by atoms with Gasteiger partial charge in [-0.1, -0.05) is 18.2 Å². The Hall–Kier alpha value is -3.19. The minimum Gasteiger partial charge on any atom is -0.340 e. The molecule has 0 fully saturated rings. The second kappa shape index (κ2) is 8.28. The number of nitrogens with one attached hydrogen (secondary N) is 2.